The molecule has 0 unspecified atom stereocenters. The molecule has 0 spiro atoms. The van der Waals surface area contributed by atoms with Crippen molar-refractivity contribution in [2.75, 3.05) is 5.32 Å². The zero-order valence-electron chi connectivity index (χ0n) is 20.3. The Kier molecular flexibility index (Phi) is 6.49. The van der Waals surface area contributed by atoms with Crippen molar-refractivity contribution in [3.63, 3.8) is 0 Å². The number of carbonyl (C=O) groups is 1. The van der Waals surface area contributed by atoms with Crippen LogP contribution >= 0.6 is 0 Å². The lowest BCUT2D eigenvalue weighted by atomic mass is 10.1. The summed E-state index contributed by atoms with van der Waals surface area (Å²) in [5.74, 6) is 1.72. The first-order valence-electron chi connectivity index (χ1n) is 11.2. The van der Waals surface area contributed by atoms with Gasteiger partial charge in [-0.3, -0.25) is 4.79 Å². The van der Waals surface area contributed by atoms with Crippen LogP contribution in [0.15, 0.2) is 46.9 Å². The predicted molar refractivity (Wildman–Crippen MR) is 130 cm³/mol. The lowest BCUT2D eigenvalue weighted by Crippen LogP contribution is -2.15. The summed E-state index contributed by atoms with van der Waals surface area (Å²) in [5, 5.41) is 11.2. The van der Waals surface area contributed by atoms with Crippen LogP contribution in [0.5, 0.6) is 5.75 Å². The van der Waals surface area contributed by atoms with E-state index in [0.717, 1.165) is 33.8 Å². The molecule has 2 heterocycles. The Morgan fingerprint density at radius 2 is 1.82 bits per heavy atom. The van der Waals surface area contributed by atoms with Gasteiger partial charge in [-0.25, -0.2) is 9.67 Å². The molecule has 2 aromatic heterocycles. The lowest BCUT2D eigenvalue weighted by Gasteiger charge is -2.09. The van der Waals surface area contributed by atoms with E-state index in [1.807, 2.05) is 84.0 Å². The quantitative estimate of drug-likeness (QED) is 0.405. The fourth-order valence-electron chi connectivity index (χ4n) is 3.56. The van der Waals surface area contributed by atoms with Crippen molar-refractivity contribution in [3.05, 3.63) is 76.4 Å². The molecule has 0 bridgehead atoms. The Bertz CT molecular complexity index is 1320. The third-order valence-electron chi connectivity index (χ3n) is 5.50. The van der Waals surface area contributed by atoms with Crippen molar-refractivity contribution in [1.29, 1.82) is 0 Å². The van der Waals surface area contributed by atoms with E-state index >= 15 is 0 Å². The number of carbonyl (C=O) groups excluding carboxylic acids is 1. The lowest BCUT2D eigenvalue weighted by molar-refractivity contribution is 0.102. The maximum absolute atomic E-state index is 12.8. The van der Waals surface area contributed by atoms with E-state index in [9.17, 15) is 4.79 Å². The summed E-state index contributed by atoms with van der Waals surface area (Å²) in [7, 11) is 0. The molecule has 0 fully saturated rings. The molecular weight excluding hydrogens is 430 g/mol. The number of hydrogen-bond acceptors (Lipinski definition) is 6. The maximum atomic E-state index is 12.8. The zero-order chi connectivity index (χ0) is 24.4. The van der Waals surface area contributed by atoms with Gasteiger partial charge in [0.05, 0.1) is 18.3 Å². The number of anilines is 1. The summed E-state index contributed by atoms with van der Waals surface area (Å²) in [6.07, 6.45) is 0.111. The number of benzene rings is 2. The molecule has 34 heavy (non-hydrogen) atoms. The highest BCUT2D eigenvalue weighted by Gasteiger charge is 2.20. The molecule has 0 saturated carbocycles. The van der Waals surface area contributed by atoms with Gasteiger partial charge < -0.3 is 14.5 Å². The SMILES string of the molecule is Cc1ccc(C)c(NC(=O)c2nnn(Cc3nc(-c4ccc(OC(C)C)cc4)oc3C)c2C)c1. The van der Waals surface area contributed by atoms with Gasteiger partial charge in [0.25, 0.3) is 5.91 Å². The minimum atomic E-state index is -0.293. The molecular formula is C26H29N5O3. The van der Waals surface area contributed by atoms with E-state index in [1.54, 1.807) is 4.68 Å². The largest absolute Gasteiger partial charge is 0.491 e. The minimum Gasteiger partial charge on any atom is -0.491 e. The van der Waals surface area contributed by atoms with E-state index < -0.39 is 0 Å². The van der Waals surface area contributed by atoms with Crippen molar-refractivity contribution in [3.8, 4) is 17.2 Å². The molecule has 4 rings (SSSR count). The van der Waals surface area contributed by atoms with Crippen LogP contribution in [0.25, 0.3) is 11.5 Å². The Balaban J connectivity index is 1.50. The second-order valence-electron chi connectivity index (χ2n) is 8.67. The number of hydrogen-bond donors (Lipinski definition) is 1. The molecule has 1 N–H and O–H groups in total. The molecule has 8 nitrogen and oxygen atoms in total. The van der Waals surface area contributed by atoms with Gasteiger partial charge >= 0.3 is 0 Å². The molecule has 0 atom stereocenters. The average Bonchev–Trinajstić information content (AvgIpc) is 3.33. The summed E-state index contributed by atoms with van der Waals surface area (Å²) >= 11 is 0. The van der Waals surface area contributed by atoms with Crippen molar-refractivity contribution < 1.29 is 13.9 Å². The molecule has 4 aromatic rings. The molecule has 1 amide bonds. The molecule has 2 aromatic carbocycles. The predicted octanol–water partition coefficient (Wildman–Crippen LogP) is 5.25. The van der Waals surface area contributed by atoms with Gasteiger partial charge in [-0.2, -0.15) is 0 Å². The Labute approximate surface area is 199 Å². The van der Waals surface area contributed by atoms with Crippen molar-refractivity contribution in [2.24, 2.45) is 0 Å². The second-order valence-corrected chi connectivity index (χ2v) is 8.67. The van der Waals surface area contributed by atoms with Crippen LogP contribution in [0, 0.1) is 27.7 Å². The van der Waals surface area contributed by atoms with Gasteiger partial charge in [0.2, 0.25) is 5.89 Å². The molecule has 0 radical (unpaired) electrons. The number of aromatic nitrogens is 4. The zero-order valence-corrected chi connectivity index (χ0v) is 20.3. The Hall–Kier alpha value is -3.94. The van der Waals surface area contributed by atoms with Gasteiger partial charge in [-0.05, 0) is 83.0 Å². The van der Waals surface area contributed by atoms with Gasteiger partial charge in [0, 0.05) is 11.3 Å². The average molecular weight is 460 g/mol. The van der Waals surface area contributed by atoms with E-state index in [-0.39, 0.29) is 17.7 Å². The summed E-state index contributed by atoms with van der Waals surface area (Å²) in [4.78, 5) is 17.5. The smallest absolute Gasteiger partial charge is 0.278 e. The summed E-state index contributed by atoms with van der Waals surface area (Å²) in [6.45, 7) is 11.9. The summed E-state index contributed by atoms with van der Waals surface area (Å²) in [5.41, 5.74) is 5.34. The minimum absolute atomic E-state index is 0.111. The van der Waals surface area contributed by atoms with Crippen molar-refractivity contribution in [1.82, 2.24) is 20.0 Å². The van der Waals surface area contributed by atoms with Gasteiger partial charge in [-0.1, -0.05) is 17.3 Å². The topological polar surface area (TPSA) is 95.1 Å². The molecule has 8 heteroatoms. The third-order valence-corrected chi connectivity index (χ3v) is 5.50. The van der Waals surface area contributed by atoms with Crippen molar-refractivity contribution in [2.45, 2.75) is 54.2 Å². The molecule has 0 aliphatic heterocycles. The van der Waals surface area contributed by atoms with Crippen LogP contribution in [0.1, 0.15) is 52.6 Å². The first kappa shape index (κ1) is 23.2. The first-order chi connectivity index (χ1) is 16.2. The van der Waals surface area contributed by atoms with Gasteiger partial charge in [0.15, 0.2) is 5.69 Å². The number of aryl methyl sites for hydroxylation is 3. The highest BCUT2D eigenvalue weighted by molar-refractivity contribution is 6.03. The number of ether oxygens (including phenoxy) is 1. The number of amides is 1. The number of nitrogens with one attached hydrogen (secondary N) is 1. The van der Waals surface area contributed by atoms with Gasteiger partial charge in [0.1, 0.15) is 17.2 Å². The molecule has 0 aliphatic carbocycles. The van der Waals surface area contributed by atoms with Crippen LogP contribution in [-0.4, -0.2) is 32.0 Å². The number of oxazole rings is 1. The fraction of sp³-hybridized carbons (Fsp3) is 0.308. The van der Waals surface area contributed by atoms with E-state index in [4.69, 9.17) is 9.15 Å². The monoisotopic (exact) mass is 459 g/mol. The van der Waals surface area contributed by atoms with E-state index in [0.29, 0.717) is 23.9 Å². The molecule has 0 saturated heterocycles. The van der Waals surface area contributed by atoms with Crippen molar-refractivity contribution >= 4 is 11.6 Å². The third kappa shape index (κ3) is 5.01. The highest BCUT2D eigenvalue weighted by Crippen LogP contribution is 2.25. The van der Waals surface area contributed by atoms with Crippen LogP contribution in [0.3, 0.4) is 0 Å². The maximum Gasteiger partial charge on any atom is 0.278 e. The van der Waals surface area contributed by atoms with E-state index in [1.165, 1.54) is 0 Å². The summed E-state index contributed by atoms with van der Waals surface area (Å²) < 4.78 is 13.3. The highest BCUT2D eigenvalue weighted by atomic mass is 16.5. The second kappa shape index (κ2) is 9.51. The first-order valence-corrected chi connectivity index (χ1v) is 11.2. The molecule has 0 aliphatic rings. The Morgan fingerprint density at radius 1 is 1.09 bits per heavy atom. The van der Waals surface area contributed by atoms with Crippen LogP contribution < -0.4 is 10.1 Å². The normalized spacial score (nSPS) is 11.1. The standard InChI is InChI=1S/C26H29N5O3/c1-15(2)33-21-11-9-20(10-12-21)26-28-23(19(6)34-26)14-31-18(5)24(29-30-31)25(32)27-22-13-16(3)7-8-17(22)4/h7-13,15H,14H2,1-6H3,(H,27,32). The number of rotatable bonds is 7. The van der Waals surface area contributed by atoms with Crippen LogP contribution in [0.4, 0.5) is 5.69 Å². The van der Waals surface area contributed by atoms with E-state index in [2.05, 4.69) is 20.6 Å². The molecule has 176 valence electrons. The van der Waals surface area contributed by atoms with Crippen LogP contribution in [-0.2, 0) is 6.54 Å². The Morgan fingerprint density at radius 3 is 2.53 bits per heavy atom. The number of nitrogens with zero attached hydrogens (tertiary/aromatic N) is 4. The fourth-order valence-corrected chi connectivity index (χ4v) is 3.56. The van der Waals surface area contributed by atoms with Crippen LogP contribution in [0.2, 0.25) is 0 Å². The summed E-state index contributed by atoms with van der Waals surface area (Å²) in [6, 6.07) is 13.6. The van der Waals surface area contributed by atoms with Gasteiger partial charge in [-0.15, -0.1) is 5.10 Å².